The second kappa shape index (κ2) is 11.2. The van der Waals surface area contributed by atoms with Crippen LogP contribution in [0.2, 0.25) is 0 Å². The molecule has 0 amide bonds. The van der Waals surface area contributed by atoms with Crippen molar-refractivity contribution in [1.82, 2.24) is 0 Å². The number of furan rings is 2. The Kier molecular flexibility index (Phi) is 6.09. The highest BCUT2D eigenvalue weighted by molar-refractivity contribution is 6.26. The van der Waals surface area contributed by atoms with Gasteiger partial charge in [0.1, 0.15) is 5.58 Å². The van der Waals surface area contributed by atoms with Gasteiger partial charge in [-0.1, -0.05) is 140 Å². The first kappa shape index (κ1) is 29.4. The van der Waals surface area contributed by atoms with Gasteiger partial charge in [-0.05, 0) is 118 Å². The van der Waals surface area contributed by atoms with Crippen LogP contribution in [-0.4, -0.2) is 0 Å². The van der Waals surface area contributed by atoms with E-state index in [9.17, 15) is 0 Å². The van der Waals surface area contributed by atoms with Crippen LogP contribution in [0.1, 0.15) is 0 Å². The average molecular weight is 687 g/mol. The zero-order valence-electron chi connectivity index (χ0n) is 29.1. The number of rotatable bonds is 3. The van der Waals surface area contributed by atoms with Crippen molar-refractivity contribution >= 4 is 86.8 Å². The minimum Gasteiger partial charge on any atom is -0.460 e. The monoisotopic (exact) mass is 686 g/mol. The van der Waals surface area contributed by atoms with Gasteiger partial charge in [0.15, 0.2) is 11.2 Å². The third-order valence-corrected chi connectivity index (χ3v) is 11.5. The molecule has 12 rings (SSSR count). The van der Waals surface area contributed by atoms with Crippen molar-refractivity contribution < 1.29 is 8.83 Å². The van der Waals surface area contributed by atoms with Crippen LogP contribution < -0.4 is 0 Å². The van der Waals surface area contributed by atoms with Crippen LogP contribution in [0.3, 0.4) is 0 Å². The fraction of sp³-hybridized carbons (Fsp3) is 0. The molecule has 0 aliphatic heterocycles. The molecule has 2 aromatic heterocycles. The van der Waals surface area contributed by atoms with E-state index in [1.54, 1.807) is 0 Å². The minimum absolute atomic E-state index is 0.774. The number of hydrogen-bond acceptors (Lipinski definition) is 2. The molecule has 2 nitrogen and oxygen atoms in total. The van der Waals surface area contributed by atoms with Crippen molar-refractivity contribution in [2.45, 2.75) is 0 Å². The third kappa shape index (κ3) is 4.17. The summed E-state index contributed by atoms with van der Waals surface area (Å²) in [7, 11) is 0. The van der Waals surface area contributed by atoms with E-state index < -0.39 is 0 Å². The molecule has 2 heteroatoms. The zero-order chi connectivity index (χ0) is 35.3. The lowest BCUT2D eigenvalue weighted by Gasteiger charge is -2.19. The predicted molar refractivity (Wildman–Crippen MR) is 227 cm³/mol. The Balaban J connectivity index is 1.08. The van der Waals surface area contributed by atoms with Gasteiger partial charge in [0.25, 0.3) is 0 Å². The Bertz CT molecular complexity index is 3450. The predicted octanol–water partition coefficient (Wildman–Crippen LogP) is 15.1. The van der Waals surface area contributed by atoms with E-state index >= 15 is 0 Å². The van der Waals surface area contributed by atoms with Gasteiger partial charge in [0, 0.05) is 21.7 Å². The van der Waals surface area contributed by atoms with Crippen molar-refractivity contribution in [3.63, 3.8) is 0 Å². The molecule has 250 valence electrons. The molecule has 10 aromatic carbocycles. The lowest BCUT2D eigenvalue weighted by atomic mass is 9.84. The van der Waals surface area contributed by atoms with Crippen LogP contribution in [0.15, 0.2) is 191 Å². The lowest BCUT2D eigenvalue weighted by Crippen LogP contribution is -1.92. The summed E-state index contributed by atoms with van der Waals surface area (Å²) in [6.45, 7) is 0. The van der Waals surface area contributed by atoms with Crippen molar-refractivity contribution in [2.24, 2.45) is 0 Å². The molecule has 0 atom stereocenters. The van der Waals surface area contributed by atoms with Gasteiger partial charge in [0.2, 0.25) is 0 Å². The van der Waals surface area contributed by atoms with E-state index in [1.165, 1.54) is 70.6 Å². The molecular weight excluding hydrogens is 657 g/mol. The van der Waals surface area contributed by atoms with Crippen LogP contribution in [0.25, 0.3) is 120 Å². The fourth-order valence-electron chi connectivity index (χ4n) is 9.05. The van der Waals surface area contributed by atoms with E-state index in [4.69, 9.17) is 8.83 Å². The number of hydrogen-bond donors (Lipinski definition) is 0. The summed E-state index contributed by atoms with van der Waals surface area (Å²) in [5, 5.41) is 15.6. The van der Waals surface area contributed by atoms with Gasteiger partial charge in [-0.25, -0.2) is 0 Å². The summed E-state index contributed by atoms with van der Waals surface area (Å²) >= 11 is 0. The van der Waals surface area contributed by atoms with E-state index in [0.717, 1.165) is 49.6 Å². The van der Waals surface area contributed by atoms with Crippen molar-refractivity contribution in [3.05, 3.63) is 182 Å². The standard InChI is InChI=1S/C52H30O2/c1-2-12-32-27-34(22-21-31(32)11-1)47-30-53-51-45(47)26-25-44-39-24-23-35(29-48(39)54-52(44)51)49-40-17-7-9-19-42(40)50(43-20-10-8-18-41(43)49)46-28-33-13-3-4-14-36(33)37-15-5-6-16-38(37)46/h1-30H. The summed E-state index contributed by atoms with van der Waals surface area (Å²) in [6, 6.07) is 63.7. The van der Waals surface area contributed by atoms with Crippen molar-refractivity contribution in [1.29, 1.82) is 0 Å². The van der Waals surface area contributed by atoms with Crippen molar-refractivity contribution in [2.75, 3.05) is 0 Å². The Morgan fingerprint density at radius 3 is 1.63 bits per heavy atom. The minimum atomic E-state index is 0.774. The summed E-state index contributed by atoms with van der Waals surface area (Å²) in [5.74, 6) is 0. The highest BCUT2D eigenvalue weighted by atomic mass is 16.4. The molecule has 54 heavy (non-hydrogen) atoms. The van der Waals surface area contributed by atoms with Crippen molar-refractivity contribution in [3.8, 4) is 33.4 Å². The van der Waals surface area contributed by atoms with Crippen LogP contribution in [0.4, 0.5) is 0 Å². The van der Waals surface area contributed by atoms with Gasteiger partial charge in [-0.3, -0.25) is 0 Å². The van der Waals surface area contributed by atoms with Gasteiger partial charge in [0.05, 0.1) is 6.26 Å². The maximum absolute atomic E-state index is 6.76. The summed E-state index contributed by atoms with van der Waals surface area (Å²) in [5.41, 5.74) is 9.43. The van der Waals surface area contributed by atoms with E-state index in [1.807, 2.05) is 6.26 Å². The summed E-state index contributed by atoms with van der Waals surface area (Å²) < 4.78 is 13.1. The zero-order valence-corrected chi connectivity index (χ0v) is 29.1. The molecule has 0 aliphatic rings. The molecule has 2 heterocycles. The summed E-state index contributed by atoms with van der Waals surface area (Å²) in [4.78, 5) is 0. The molecule has 0 fully saturated rings. The van der Waals surface area contributed by atoms with E-state index in [0.29, 0.717) is 0 Å². The van der Waals surface area contributed by atoms with Crippen LogP contribution in [0, 0.1) is 0 Å². The molecule has 0 radical (unpaired) electrons. The molecule has 0 bridgehead atoms. The Morgan fingerprint density at radius 2 is 0.870 bits per heavy atom. The largest absolute Gasteiger partial charge is 0.460 e. The Morgan fingerprint density at radius 1 is 0.296 bits per heavy atom. The molecule has 0 spiro atoms. The third-order valence-electron chi connectivity index (χ3n) is 11.5. The molecule has 12 aromatic rings. The van der Waals surface area contributed by atoms with Crippen LogP contribution >= 0.6 is 0 Å². The first-order valence-electron chi connectivity index (χ1n) is 18.5. The second-order valence-electron chi connectivity index (χ2n) is 14.4. The van der Waals surface area contributed by atoms with Gasteiger partial charge in [-0.2, -0.15) is 0 Å². The molecular formula is C52H30O2. The van der Waals surface area contributed by atoms with Crippen LogP contribution in [0.5, 0.6) is 0 Å². The molecule has 0 saturated carbocycles. The first-order chi connectivity index (χ1) is 26.8. The molecule has 0 unspecified atom stereocenters. The van der Waals surface area contributed by atoms with Gasteiger partial charge < -0.3 is 8.83 Å². The maximum Gasteiger partial charge on any atom is 0.178 e. The SMILES string of the molecule is c1ccc2cc(-c3coc4c3ccc3c5ccc(-c6c7ccccc7c(-c7cc8ccccc8c8ccccc78)c7ccccc67)cc5oc34)ccc2c1. The highest BCUT2D eigenvalue weighted by Gasteiger charge is 2.21. The molecule has 0 N–H and O–H groups in total. The number of benzene rings is 10. The van der Waals surface area contributed by atoms with Crippen LogP contribution in [-0.2, 0) is 0 Å². The first-order valence-corrected chi connectivity index (χ1v) is 18.5. The normalized spacial score (nSPS) is 12.1. The molecule has 0 aliphatic carbocycles. The van der Waals surface area contributed by atoms with E-state index in [-0.39, 0.29) is 0 Å². The van der Waals surface area contributed by atoms with E-state index in [2.05, 4.69) is 176 Å². The van der Waals surface area contributed by atoms with Gasteiger partial charge >= 0.3 is 0 Å². The fourth-order valence-corrected chi connectivity index (χ4v) is 9.05. The maximum atomic E-state index is 6.76. The summed E-state index contributed by atoms with van der Waals surface area (Å²) in [6.07, 6.45) is 1.87. The Hall–Kier alpha value is -7.16. The van der Waals surface area contributed by atoms with Gasteiger partial charge in [-0.15, -0.1) is 0 Å². The Labute approximate surface area is 310 Å². The smallest absolute Gasteiger partial charge is 0.178 e. The lowest BCUT2D eigenvalue weighted by molar-refractivity contribution is 0.600. The molecule has 0 saturated heterocycles. The second-order valence-corrected chi connectivity index (χ2v) is 14.4. The highest BCUT2D eigenvalue weighted by Crippen LogP contribution is 2.48. The quantitative estimate of drug-likeness (QED) is 0.137. The number of fused-ring (bicyclic) bond motifs is 11. The average Bonchev–Trinajstić information content (AvgIpc) is 3.84. The topological polar surface area (TPSA) is 26.3 Å².